The maximum atomic E-state index is 11.9. The minimum atomic E-state index is -0.319. The summed E-state index contributed by atoms with van der Waals surface area (Å²) in [5, 5.41) is 8.84. The molecular formula is C14H16ClN3O2. The number of hydrogen-bond donors (Lipinski definition) is 1. The van der Waals surface area contributed by atoms with Gasteiger partial charge in [0.15, 0.2) is 0 Å². The number of carbonyl (C=O) groups is 1. The zero-order chi connectivity index (χ0) is 14.1. The van der Waals surface area contributed by atoms with E-state index in [1.165, 1.54) is 0 Å². The van der Waals surface area contributed by atoms with Crippen molar-refractivity contribution < 1.29 is 9.53 Å². The van der Waals surface area contributed by atoms with Gasteiger partial charge in [0.2, 0.25) is 5.91 Å². The molecule has 1 aliphatic rings. The van der Waals surface area contributed by atoms with Crippen molar-refractivity contribution in [1.29, 1.82) is 0 Å². The Morgan fingerprint density at radius 1 is 1.60 bits per heavy atom. The monoisotopic (exact) mass is 293 g/mol. The fourth-order valence-corrected chi connectivity index (χ4v) is 2.82. The summed E-state index contributed by atoms with van der Waals surface area (Å²) in [7, 11) is 1.87. The Balaban J connectivity index is 1.79. The number of rotatable bonds is 3. The third-order valence-electron chi connectivity index (χ3n) is 3.55. The Kier molecular flexibility index (Phi) is 3.63. The number of fused-ring (bicyclic) bond motifs is 1. The van der Waals surface area contributed by atoms with E-state index in [9.17, 15) is 4.79 Å². The first-order valence-electron chi connectivity index (χ1n) is 6.66. The summed E-state index contributed by atoms with van der Waals surface area (Å²) in [6.07, 6.45) is 1.41. The molecule has 1 atom stereocenters. The number of benzene rings is 1. The van der Waals surface area contributed by atoms with E-state index in [1.54, 1.807) is 4.68 Å². The summed E-state index contributed by atoms with van der Waals surface area (Å²) >= 11 is 6.23. The van der Waals surface area contributed by atoms with Gasteiger partial charge in [0.25, 0.3) is 0 Å². The zero-order valence-electron chi connectivity index (χ0n) is 11.2. The molecule has 2 heterocycles. The van der Waals surface area contributed by atoms with Gasteiger partial charge in [0.1, 0.15) is 6.10 Å². The van der Waals surface area contributed by atoms with E-state index in [0.717, 1.165) is 29.4 Å². The number of hydrogen-bond acceptors (Lipinski definition) is 3. The molecule has 1 aromatic heterocycles. The number of amides is 1. The van der Waals surface area contributed by atoms with Gasteiger partial charge in [-0.3, -0.25) is 9.48 Å². The van der Waals surface area contributed by atoms with Crippen LogP contribution in [0.1, 0.15) is 18.5 Å². The Morgan fingerprint density at radius 3 is 3.20 bits per heavy atom. The van der Waals surface area contributed by atoms with Crippen LogP contribution in [0.4, 0.5) is 0 Å². The number of carbonyl (C=O) groups excluding carboxylic acids is 1. The van der Waals surface area contributed by atoms with E-state index in [2.05, 4.69) is 10.4 Å². The summed E-state index contributed by atoms with van der Waals surface area (Å²) < 4.78 is 7.13. The molecule has 1 amide bonds. The lowest BCUT2D eigenvalue weighted by Gasteiger charge is -2.09. The normalized spacial score (nSPS) is 18.6. The van der Waals surface area contributed by atoms with Crippen molar-refractivity contribution in [1.82, 2.24) is 15.1 Å². The quantitative estimate of drug-likeness (QED) is 0.942. The molecule has 106 valence electrons. The summed E-state index contributed by atoms with van der Waals surface area (Å²) in [4.78, 5) is 11.9. The lowest BCUT2D eigenvalue weighted by Crippen LogP contribution is -2.33. The molecule has 0 aliphatic carbocycles. The molecule has 0 spiro atoms. The van der Waals surface area contributed by atoms with Crippen LogP contribution in [0, 0.1) is 0 Å². The number of ether oxygens (including phenoxy) is 1. The summed E-state index contributed by atoms with van der Waals surface area (Å²) in [6, 6.07) is 5.68. The average Bonchev–Trinajstić information content (AvgIpc) is 3.06. The fraction of sp³-hybridized carbons (Fsp3) is 0.429. The van der Waals surface area contributed by atoms with E-state index in [-0.39, 0.29) is 12.0 Å². The number of nitrogens with one attached hydrogen (secondary N) is 1. The summed E-state index contributed by atoms with van der Waals surface area (Å²) in [5.74, 6) is -0.0756. The Hall–Kier alpha value is -1.59. The van der Waals surface area contributed by atoms with Crippen LogP contribution in [0.3, 0.4) is 0 Å². The lowest BCUT2D eigenvalue weighted by atomic mass is 10.2. The fourth-order valence-electron chi connectivity index (χ4n) is 2.55. The molecule has 1 unspecified atom stereocenters. The van der Waals surface area contributed by atoms with Crippen LogP contribution in [0.25, 0.3) is 10.9 Å². The van der Waals surface area contributed by atoms with Crippen LogP contribution in [-0.4, -0.2) is 28.4 Å². The van der Waals surface area contributed by atoms with Crippen molar-refractivity contribution in [2.75, 3.05) is 6.61 Å². The molecule has 6 heteroatoms. The van der Waals surface area contributed by atoms with Gasteiger partial charge in [-0.2, -0.15) is 5.10 Å². The molecular weight excluding hydrogens is 278 g/mol. The van der Waals surface area contributed by atoms with Crippen LogP contribution in [0.15, 0.2) is 18.2 Å². The molecule has 0 saturated carbocycles. The second-order valence-corrected chi connectivity index (χ2v) is 5.33. The van der Waals surface area contributed by atoms with Crippen molar-refractivity contribution in [2.45, 2.75) is 25.5 Å². The molecule has 20 heavy (non-hydrogen) atoms. The number of nitrogens with zero attached hydrogens (tertiary/aromatic N) is 2. The van der Waals surface area contributed by atoms with Gasteiger partial charge >= 0.3 is 0 Å². The third kappa shape index (κ3) is 2.39. The van der Waals surface area contributed by atoms with Crippen LogP contribution in [0.5, 0.6) is 0 Å². The van der Waals surface area contributed by atoms with Crippen molar-refractivity contribution in [3.05, 3.63) is 28.9 Å². The largest absolute Gasteiger partial charge is 0.368 e. The number of aromatic nitrogens is 2. The summed E-state index contributed by atoms with van der Waals surface area (Å²) in [6.45, 7) is 1.02. The predicted octanol–water partition coefficient (Wildman–Crippen LogP) is 2.02. The molecule has 1 N–H and O–H groups in total. The van der Waals surface area contributed by atoms with E-state index >= 15 is 0 Å². The first kappa shape index (κ1) is 13.4. The molecule has 5 nitrogen and oxygen atoms in total. The SMILES string of the molecule is Cn1nc(CNC(=O)C2CCCO2)c2c(Cl)cccc21. The second-order valence-electron chi connectivity index (χ2n) is 4.92. The molecule has 0 radical (unpaired) electrons. The van der Waals surface area contributed by atoms with Crippen molar-refractivity contribution in [3.8, 4) is 0 Å². The topological polar surface area (TPSA) is 56.2 Å². The van der Waals surface area contributed by atoms with Crippen LogP contribution in [0.2, 0.25) is 5.02 Å². The van der Waals surface area contributed by atoms with Gasteiger partial charge < -0.3 is 10.1 Å². The first-order chi connectivity index (χ1) is 9.66. The van der Waals surface area contributed by atoms with Gasteiger partial charge in [-0.05, 0) is 25.0 Å². The summed E-state index contributed by atoms with van der Waals surface area (Å²) in [5.41, 5.74) is 1.73. The minimum absolute atomic E-state index is 0.0756. The zero-order valence-corrected chi connectivity index (χ0v) is 12.0. The smallest absolute Gasteiger partial charge is 0.249 e. The standard InChI is InChI=1S/C14H16ClN3O2/c1-18-11-5-2-4-9(15)13(11)10(17-18)8-16-14(19)12-6-3-7-20-12/h2,4-5,12H,3,6-8H2,1H3,(H,16,19). The van der Waals surface area contributed by atoms with Gasteiger partial charge in [-0.15, -0.1) is 0 Å². The first-order valence-corrected chi connectivity index (χ1v) is 7.04. The van der Waals surface area contributed by atoms with Gasteiger partial charge in [0, 0.05) is 19.0 Å². The van der Waals surface area contributed by atoms with Crippen molar-refractivity contribution >= 4 is 28.4 Å². The van der Waals surface area contributed by atoms with Gasteiger partial charge in [0.05, 0.1) is 22.8 Å². The van der Waals surface area contributed by atoms with E-state index in [1.807, 2.05) is 25.2 Å². The van der Waals surface area contributed by atoms with Crippen LogP contribution in [-0.2, 0) is 23.1 Å². The lowest BCUT2D eigenvalue weighted by molar-refractivity contribution is -0.130. The highest BCUT2D eigenvalue weighted by Crippen LogP contribution is 2.26. The molecule has 1 saturated heterocycles. The highest BCUT2D eigenvalue weighted by atomic mass is 35.5. The van der Waals surface area contributed by atoms with E-state index in [4.69, 9.17) is 16.3 Å². The molecule has 1 fully saturated rings. The Morgan fingerprint density at radius 2 is 2.45 bits per heavy atom. The minimum Gasteiger partial charge on any atom is -0.368 e. The molecule has 3 rings (SSSR count). The van der Waals surface area contributed by atoms with Crippen molar-refractivity contribution in [3.63, 3.8) is 0 Å². The van der Waals surface area contributed by atoms with Gasteiger partial charge in [-0.25, -0.2) is 0 Å². The number of aryl methyl sites for hydroxylation is 1. The van der Waals surface area contributed by atoms with E-state index in [0.29, 0.717) is 18.2 Å². The van der Waals surface area contributed by atoms with Crippen molar-refractivity contribution in [2.24, 2.45) is 7.05 Å². The molecule has 1 aromatic carbocycles. The Bertz CT molecular complexity index is 647. The second kappa shape index (κ2) is 5.42. The maximum Gasteiger partial charge on any atom is 0.249 e. The van der Waals surface area contributed by atoms with E-state index < -0.39 is 0 Å². The highest BCUT2D eigenvalue weighted by Gasteiger charge is 2.23. The molecule has 2 aromatic rings. The molecule has 1 aliphatic heterocycles. The number of halogens is 1. The van der Waals surface area contributed by atoms with Crippen LogP contribution < -0.4 is 5.32 Å². The highest BCUT2D eigenvalue weighted by molar-refractivity contribution is 6.35. The van der Waals surface area contributed by atoms with Crippen LogP contribution >= 0.6 is 11.6 Å². The predicted molar refractivity (Wildman–Crippen MR) is 76.5 cm³/mol. The van der Waals surface area contributed by atoms with Gasteiger partial charge in [-0.1, -0.05) is 17.7 Å². The average molecular weight is 294 g/mol. The molecule has 0 bridgehead atoms. The Labute approximate surface area is 121 Å². The third-order valence-corrected chi connectivity index (χ3v) is 3.87. The maximum absolute atomic E-state index is 11.9.